The van der Waals surface area contributed by atoms with E-state index >= 15 is 0 Å². The molecule has 0 bridgehead atoms. The van der Waals surface area contributed by atoms with Crippen LogP contribution in [0.5, 0.6) is 0 Å². The fourth-order valence-corrected chi connectivity index (χ4v) is 2.42. The molecule has 19 heavy (non-hydrogen) atoms. The van der Waals surface area contributed by atoms with Gasteiger partial charge in [-0.25, -0.2) is 4.98 Å². The molecule has 5 nitrogen and oxygen atoms in total. The molecular weight excluding hydrogens is 266 g/mol. The molecule has 1 unspecified atom stereocenters. The van der Waals surface area contributed by atoms with Gasteiger partial charge in [0.2, 0.25) is 0 Å². The molecule has 3 N–H and O–H groups in total. The number of carbonyl (C=O) groups excluding carboxylic acids is 1. The Bertz CT molecular complexity index is 491. The number of hydrogen-bond donors (Lipinski definition) is 2. The number of hydrogen-bond acceptors (Lipinski definition) is 4. The average Bonchev–Trinajstić information content (AvgIpc) is 2.52. The standard InChI is InChI=1S/C13H18ClN3O2/c1-13(19)3-2-5-17(6-4-13)12(18)9-7-11(14)16-8-10(9)15/h7-8,19H,2-6,15H2,1H3. The summed E-state index contributed by atoms with van der Waals surface area (Å²) in [4.78, 5) is 18.0. The third-order valence-electron chi connectivity index (χ3n) is 3.48. The van der Waals surface area contributed by atoms with Crippen molar-refractivity contribution < 1.29 is 9.90 Å². The summed E-state index contributed by atoms with van der Waals surface area (Å²) in [6.07, 6.45) is 3.43. The fraction of sp³-hybridized carbons (Fsp3) is 0.538. The molecule has 0 radical (unpaired) electrons. The molecule has 0 spiro atoms. The van der Waals surface area contributed by atoms with Crippen LogP contribution in [-0.4, -0.2) is 39.6 Å². The average molecular weight is 284 g/mol. The van der Waals surface area contributed by atoms with E-state index in [0.717, 1.165) is 6.42 Å². The second-order valence-electron chi connectivity index (χ2n) is 5.24. The molecule has 1 fully saturated rings. The highest BCUT2D eigenvalue weighted by atomic mass is 35.5. The maximum atomic E-state index is 12.4. The zero-order valence-corrected chi connectivity index (χ0v) is 11.7. The highest BCUT2D eigenvalue weighted by Gasteiger charge is 2.28. The van der Waals surface area contributed by atoms with Gasteiger partial charge in [0, 0.05) is 13.1 Å². The number of aromatic nitrogens is 1. The summed E-state index contributed by atoms with van der Waals surface area (Å²) in [7, 11) is 0. The van der Waals surface area contributed by atoms with E-state index in [9.17, 15) is 9.90 Å². The Morgan fingerprint density at radius 1 is 1.53 bits per heavy atom. The predicted octanol–water partition coefficient (Wildman–Crippen LogP) is 1.69. The van der Waals surface area contributed by atoms with E-state index in [1.807, 2.05) is 0 Å². The van der Waals surface area contributed by atoms with Crippen LogP contribution in [0.3, 0.4) is 0 Å². The third-order valence-corrected chi connectivity index (χ3v) is 3.69. The van der Waals surface area contributed by atoms with Gasteiger partial charge in [0.05, 0.1) is 23.0 Å². The Balaban J connectivity index is 2.17. The van der Waals surface area contributed by atoms with Crippen molar-refractivity contribution in [3.05, 3.63) is 23.0 Å². The first-order valence-corrected chi connectivity index (χ1v) is 6.69. The van der Waals surface area contributed by atoms with E-state index in [1.54, 1.807) is 11.8 Å². The molecule has 1 aliphatic heterocycles. The fourth-order valence-electron chi connectivity index (χ4n) is 2.26. The Hall–Kier alpha value is -1.33. The van der Waals surface area contributed by atoms with Crippen LogP contribution in [0.4, 0.5) is 5.69 Å². The summed E-state index contributed by atoms with van der Waals surface area (Å²) in [6, 6.07) is 1.49. The lowest BCUT2D eigenvalue weighted by molar-refractivity contribution is 0.0438. The topological polar surface area (TPSA) is 79.5 Å². The molecule has 0 aliphatic carbocycles. The number of amides is 1. The van der Waals surface area contributed by atoms with E-state index in [1.165, 1.54) is 12.3 Å². The number of aliphatic hydroxyl groups is 1. The first-order valence-electron chi connectivity index (χ1n) is 6.32. The van der Waals surface area contributed by atoms with Crippen molar-refractivity contribution in [2.45, 2.75) is 31.8 Å². The van der Waals surface area contributed by atoms with Crippen LogP contribution in [0.25, 0.3) is 0 Å². The Morgan fingerprint density at radius 2 is 2.26 bits per heavy atom. The van der Waals surface area contributed by atoms with Crippen LogP contribution >= 0.6 is 11.6 Å². The third kappa shape index (κ3) is 3.36. The van der Waals surface area contributed by atoms with Crippen LogP contribution in [0.1, 0.15) is 36.5 Å². The van der Waals surface area contributed by atoms with Crippen molar-refractivity contribution >= 4 is 23.2 Å². The van der Waals surface area contributed by atoms with Gasteiger partial charge in [-0.3, -0.25) is 4.79 Å². The summed E-state index contributed by atoms with van der Waals surface area (Å²) in [5.74, 6) is -0.153. The number of carbonyl (C=O) groups is 1. The second-order valence-corrected chi connectivity index (χ2v) is 5.62. The zero-order chi connectivity index (χ0) is 14.0. The molecular formula is C13H18ClN3O2. The number of anilines is 1. The number of nitrogens with two attached hydrogens (primary N) is 1. The van der Waals surface area contributed by atoms with Gasteiger partial charge in [-0.2, -0.15) is 0 Å². The first kappa shape index (κ1) is 14.1. The van der Waals surface area contributed by atoms with Crippen molar-refractivity contribution in [2.75, 3.05) is 18.8 Å². The van der Waals surface area contributed by atoms with Crippen molar-refractivity contribution in [1.29, 1.82) is 0 Å². The molecule has 104 valence electrons. The van der Waals surface area contributed by atoms with Gasteiger partial charge in [-0.05, 0) is 32.3 Å². The smallest absolute Gasteiger partial charge is 0.256 e. The van der Waals surface area contributed by atoms with Crippen LogP contribution in [-0.2, 0) is 0 Å². The summed E-state index contributed by atoms with van der Waals surface area (Å²) in [5.41, 5.74) is 5.77. The van der Waals surface area contributed by atoms with Gasteiger partial charge in [0.1, 0.15) is 5.15 Å². The van der Waals surface area contributed by atoms with Gasteiger partial charge >= 0.3 is 0 Å². The minimum atomic E-state index is -0.698. The highest BCUT2D eigenvalue weighted by Crippen LogP contribution is 2.24. The highest BCUT2D eigenvalue weighted by molar-refractivity contribution is 6.29. The molecule has 1 amide bonds. The molecule has 2 heterocycles. The molecule has 1 atom stereocenters. The maximum absolute atomic E-state index is 12.4. The van der Waals surface area contributed by atoms with Crippen LogP contribution < -0.4 is 5.73 Å². The normalized spacial score (nSPS) is 24.1. The van der Waals surface area contributed by atoms with E-state index in [-0.39, 0.29) is 11.1 Å². The number of likely N-dealkylation sites (tertiary alicyclic amines) is 1. The minimum absolute atomic E-state index is 0.153. The van der Waals surface area contributed by atoms with Gasteiger partial charge in [0.25, 0.3) is 5.91 Å². The van der Waals surface area contributed by atoms with Gasteiger partial charge in [-0.1, -0.05) is 11.6 Å². The first-order chi connectivity index (χ1) is 8.89. The molecule has 2 rings (SSSR count). The maximum Gasteiger partial charge on any atom is 0.256 e. The van der Waals surface area contributed by atoms with Gasteiger partial charge < -0.3 is 15.7 Å². The van der Waals surface area contributed by atoms with Gasteiger partial charge in [-0.15, -0.1) is 0 Å². The summed E-state index contributed by atoms with van der Waals surface area (Å²) in [5, 5.41) is 10.3. The Morgan fingerprint density at radius 3 is 3.00 bits per heavy atom. The Labute approximate surface area is 117 Å². The van der Waals surface area contributed by atoms with Crippen molar-refractivity contribution in [2.24, 2.45) is 0 Å². The molecule has 0 saturated carbocycles. The number of halogens is 1. The van der Waals surface area contributed by atoms with Crippen LogP contribution in [0.2, 0.25) is 5.15 Å². The van der Waals surface area contributed by atoms with Crippen LogP contribution in [0, 0.1) is 0 Å². The summed E-state index contributed by atoms with van der Waals surface area (Å²) in [6.45, 7) is 2.94. The lowest BCUT2D eigenvalue weighted by atomic mass is 9.98. The lowest BCUT2D eigenvalue weighted by Crippen LogP contribution is -2.34. The largest absolute Gasteiger partial charge is 0.397 e. The lowest BCUT2D eigenvalue weighted by Gasteiger charge is -2.23. The number of nitrogens with zero attached hydrogens (tertiary/aromatic N) is 2. The SMILES string of the molecule is CC1(O)CCCN(C(=O)c2cc(Cl)ncc2N)CC1. The second kappa shape index (κ2) is 5.35. The van der Waals surface area contributed by atoms with Crippen molar-refractivity contribution in [1.82, 2.24) is 9.88 Å². The Kier molecular flexibility index (Phi) is 3.96. The van der Waals surface area contributed by atoms with Gasteiger partial charge in [0.15, 0.2) is 0 Å². The predicted molar refractivity (Wildman–Crippen MR) is 74.0 cm³/mol. The monoisotopic (exact) mass is 283 g/mol. The van der Waals surface area contributed by atoms with Crippen LogP contribution in [0.15, 0.2) is 12.3 Å². The number of rotatable bonds is 1. The molecule has 0 aromatic carbocycles. The molecule has 1 saturated heterocycles. The van der Waals surface area contributed by atoms with Crippen molar-refractivity contribution in [3.8, 4) is 0 Å². The molecule has 6 heteroatoms. The van der Waals surface area contributed by atoms with E-state index in [2.05, 4.69) is 4.98 Å². The quantitative estimate of drug-likeness (QED) is 0.769. The summed E-state index contributed by atoms with van der Waals surface area (Å²) >= 11 is 5.80. The zero-order valence-electron chi connectivity index (χ0n) is 10.9. The number of pyridine rings is 1. The number of nitrogen functional groups attached to an aromatic ring is 1. The van der Waals surface area contributed by atoms with E-state index in [4.69, 9.17) is 17.3 Å². The molecule has 1 aliphatic rings. The van der Waals surface area contributed by atoms with E-state index < -0.39 is 5.60 Å². The van der Waals surface area contributed by atoms with Crippen molar-refractivity contribution in [3.63, 3.8) is 0 Å². The minimum Gasteiger partial charge on any atom is -0.397 e. The van der Waals surface area contributed by atoms with E-state index in [0.29, 0.717) is 37.2 Å². The molecule has 1 aromatic heterocycles. The molecule has 1 aromatic rings. The summed E-state index contributed by atoms with van der Waals surface area (Å²) < 4.78 is 0.